The summed E-state index contributed by atoms with van der Waals surface area (Å²) in [7, 11) is 0. The summed E-state index contributed by atoms with van der Waals surface area (Å²) in [5.41, 5.74) is 0. The van der Waals surface area contributed by atoms with Crippen molar-refractivity contribution < 1.29 is 4.79 Å². The van der Waals surface area contributed by atoms with E-state index in [1.54, 1.807) is 0 Å². The second kappa shape index (κ2) is 5.45. The predicted molar refractivity (Wildman–Crippen MR) is 54.0 cm³/mol. The number of rotatable bonds is 5. The molecule has 0 saturated carbocycles. The standard InChI is InChI=1S/C9H17ClN2O/c1-2-11-4-3-5-12-7-8(10)6-9(12)13/h8,11H,2-7H2,1H3. The van der Waals surface area contributed by atoms with E-state index in [1.165, 1.54) is 0 Å². The van der Waals surface area contributed by atoms with Crippen molar-refractivity contribution in [2.24, 2.45) is 0 Å². The van der Waals surface area contributed by atoms with Crippen molar-refractivity contribution in [3.8, 4) is 0 Å². The van der Waals surface area contributed by atoms with E-state index in [0.29, 0.717) is 6.42 Å². The van der Waals surface area contributed by atoms with Gasteiger partial charge >= 0.3 is 0 Å². The summed E-state index contributed by atoms with van der Waals surface area (Å²) in [4.78, 5) is 13.1. The quantitative estimate of drug-likeness (QED) is 0.532. The monoisotopic (exact) mass is 204 g/mol. The summed E-state index contributed by atoms with van der Waals surface area (Å²) in [5.74, 6) is 0.205. The van der Waals surface area contributed by atoms with Gasteiger partial charge in [0.1, 0.15) is 0 Å². The Labute approximate surface area is 84.4 Å². The van der Waals surface area contributed by atoms with Crippen LogP contribution in [0.15, 0.2) is 0 Å². The first-order valence-electron chi connectivity index (χ1n) is 4.86. The Kier molecular flexibility index (Phi) is 4.53. The van der Waals surface area contributed by atoms with Gasteiger partial charge in [-0.15, -0.1) is 11.6 Å². The minimum Gasteiger partial charge on any atom is -0.341 e. The second-order valence-electron chi connectivity index (χ2n) is 3.35. The third kappa shape index (κ3) is 3.53. The summed E-state index contributed by atoms with van der Waals surface area (Å²) in [6, 6.07) is 0. The zero-order valence-electron chi connectivity index (χ0n) is 8.05. The van der Waals surface area contributed by atoms with Crippen LogP contribution in [-0.4, -0.2) is 42.4 Å². The van der Waals surface area contributed by atoms with Crippen LogP contribution in [-0.2, 0) is 4.79 Å². The molecule has 1 aliphatic rings. The first-order chi connectivity index (χ1) is 6.24. The van der Waals surface area contributed by atoms with E-state index in [-0.39, 0.29) is 11.3 Å². The van der Waals surface area contributed by atoms with Gasteiger partial charge in [-0.1, -0.05) is 6.92 Å². The number of likely N-dealkylation sites (tertiary alicyclic amines) is 1. The lowest BCUT2D eigenvalue weighted by Gasteiger charge is -2.15. The van der Waals surface area contributed by atoms with Gasteiger partial charge in [-0.3, -0.25) is 4.79 Å². The number of alkyl halides is 1. The van der Waals surface area contributed by atoms with Crippen LogP contribution in [0.5, 0.6) is 0 Å². The Morgan fingerprint density at radius 2 is 2.46 bits per heavy atom. The van der Waals surface area contributed by atoms with Crippen LogP contribution < -0.4 is 5.32 Å². The molecule has 0 aromatic carbocycles. The molecule has 3 nitrogen and oxygen atoms in total. The van der Waals surface area contributed by atoms with Crippen LogP contribution in [0.1, 0.15) is 19.8 Å². The van der Waals surface area contributed by atoms with E-state index in [2.05, 4.69) is 12.2 Å². The van der Waals surface area contributed by atoms with Gasteiger partial charge in [0.05, 0.1) is 5.38 Å². The highest BCUT2D eigenvalue weighted by Crippen LogP contribution is 2.15. The molecule has 4 heteroatoms. The maximum atomic E-state index is 11.3. The maximum absolute atomic E-state index is 11.3. The van der Waals surface area contributed by atoms with Crippen LogP contribution >= 0.6 is 11.6 Å². The van der Waals surface area contributed by atoms with Crippen molar-refractivity contribution in [3.63, 3.8) is 0 Å². The molecule has 13 heavy (non-hydrogen) atoms. The van der Waals surface area contributed by atoms with Gasteiger partial charge in [0.25, 0.3) is 0 Å². The minimum atomic E-state index is 0.0339. The highest BCUT2D eigenvalue weighted by molar-refractivity contribution is 6.22. The molecule has 1 unspecified atom stereocenters. The highest BCUT2D eigenvalue weighted by atomic mass is 35.5. The van der Waals surface area contributed by atoms with Gasteiger partial charge in [-0.05, 0) is 19.5 Å². The summed E-state index contributed by atoms with van der Waals surface area (Å²) in [6.07, 6.45) is 1.53. The summed E-state index contributed by atoms with van der Waals surface area (Å²) in [5, 5.41) is 3.26. The molecule has 76 valence electrons. The van der Waals surface area contributed by atoms with Gasteiger partial charge in [-0.25, -0.2) is 0 Å². The molecule has 1 amide bonds. The number of nitrogens with zero attached hydrogens (tertiary/aromatic N) is 1. The number of hydrogen-bond donors (Lipinski definition) is 1. The molecule has 0 bridgehead atoms. The lowest BCUT2D eigenvalue weighted by molar-refractivity contribution is -0.127. The molecule has 0 aliphatic carbocycles. The van der Waals surface area contributed by atoms with Gasteiger partial charge in [0.15, 0.2) is 0 Å². The zero-order valence-corrected chi connectivity index (χ0v) is 8.81. The van der Waals surface area contributed by atoms with Gasteiger partial charge in [-0.2, -0.15) is 0 Å². The summed E-state index contributed by atoms with van der Waals surface area (Å²) < 4.78 is 0. The Bertz CT molecular complexity index is 175. The number of carbonyl (C=O) groups is 1. The van der Waals surface area contributed by atoms with Gasteiger partial charge in [0, 0.05) is 19.5 Å². The van der Waals surface area contributed by atoms with E-state index >= 15 is 0 Å². The van der Waals surface area contributed by atoms with E-state index in [9.17, 15) is 4.79 Å². The second-order valence-corrected chi connectivity index (χ2v) is 3.97. The normalized spacial score (nSPS) is 22.8. The fourth-order valence-corrected chi connectivity index (χ4v) is 1.81. The molecule has 0 radical (unpaired) electrons. The molecule has 1 atom stereocenters. The third-order valence-electron chi connectivity index (χ3n) is 2.20. The van der Waals surface area contributed by atoms with Gasteiger partial charge < -0.3 is 10.2 Å². The van der Waals surface area contributed by atoms with Crippen LogP contribution in [0.25, 0.3) is 0 Å². The molecule has 1 saturated heterocycles. The molecule has 1 rings (SSSR count). The largest absolute Gasteiger partial charge is 0.341 e. The maximum Gasteiger partial charge on any atom is 0.224 e. The average Bonchev–Trinajstić information content (AvgIpc) is 2.39. The SMILES string of the molecule is CCNCCCN1CC(Cl)CC1=O. The number of amides is 1. The molecule has 1 aliphatic heterocycles. The van der Waals surface area contributed by atoms with Crippen LogP contribution in [0, 0.1) is 0 Å². The molecule has 0 aromatic heterocycles. The van der Waals surface area contributed by atoms with Crippen molar-refractivity contribution in [1.82, 2.24) is 10.2 Å². The average molecular weight is 205 g/mol. The predicted octanol–water partition coefficient (Wildman–Crippen LogP) is 0.826. The zero-order chi connectivity index (χ0) is 9.68. The Balaban J connectivity index is 2.11. The number of hydrogen-bond acceptors (Lipinski definition) is 2. The molecule has 1 fully saturated rings. The first kappa shape index (κ1) is 10.8. The third-order valence-corrected chi connectivity index (χ3v) is 2.49. The molecule has 0 aromatic rings. The lowest BCUT2D eigenvalue weighted by Crippen LogP contribution is -2.28. The highest BCUT2D eigenvalue weighted by Gasteiger charge is 2.26. The molecule has 1 heterocycles. The van der Waals surface area contributed by atoms with E-state index in [1.807, 2.05) is 4.90 Å². The number of carbonyl (C=O) groups excluding carboxylic acids is 1. The van der Waals surface area contributed by atoms with Crippen molar-refractivity contribution in [1.29, 1.82) is 0 Å². The fraction of sp³-hybridized carbons (Fsp3) is 0.889. The van der Waals surface area contributed by atoms with Crippen molar-refractivity contribution >= 4 is 17.5 Å². The topological polar surface area (TPSA) is 32.3 Å². The first-order valence-corrected chi connectivity index (χ1v) is 5.30. The summed E-state index contributed by atoms with van der Waals surface area (Å²) >= 11 is 5.86. The Hall–Kier alpha value is -0.280. The smallest absolute Gasteiger partial charge is 0.224 e. The molecule has 0 spiro atoms. The van der Waals surface area contributed by atoms with Crippen molar-refractivity contribution in [2.45, 2.75) is 25.1 Å². The van der Waals surface area contributed by atoms with Gasteiger partial charge in [0.2, 0.25) is 5.91 Å². The Morgan fingerprint density at radius 1 is 1.69 bits per heavy atom. The van der Waals surface area contributed by atoms with Crippen molar-refractivity contribution in [3.05, 3.63) is 0 Å². The molecule has 1 N–H and O–H groups in total. The van der Waals surface area contributed by atoms with E-state index in [0.717, 1.165) is 32.6 Å². The number of halogens is 1. The van der Waals surface area contributed by atoms with Crippen molar-refractivity contribution in [2.75, 3.05) is 26.2 Å². The fourth-order valence-electron chi connectivity index (χ4n) is 1.51. The van der Waals surface area contributed by atoms with Crippen LogP contribution in [0.2, 0.25) is 0 Å². The lowest BCUT2D eigenvalue weighted by atomic mass is 10.4. The summed E-state index contributed by atoms with van der Waals surface area (Å²) in [6.45, 7) is 5.62. The molecular formula is C9H17ClN2O. The van der Waals surface area contributed by atoms with E-state index in [4.69, 9.17) is 11.6 Å². The minimum absolute atomic E-state index is 0.0339. The van der Waals surface area contributed by atoms with Crippen LogP contribution in [0.3, 0.4) is 0 Å². The van der Waals surface area contributed by atoms with E-state index < -0.39 is 0 Å². The molecular weight excluding hydrogens is 188 g/mol. The van der Waals surface area contributed by atoms with Crippen LogP contribution in [0.4, 0.5) is 0 Å². The Morgan fingerprint density at radius 3 is 3.00 bits per heavy atom. The number of nitrogens with one attached hydrogen (secondary N) is 1.